The fourth-order valence-corrected chi connectivity index (χ4v) is 2.60. The van der Waals surface area contributed by atoms with Gasteiger partial charge in [-0.25, -0.2) is 4.79 Å². The van der Waals surface area contributed by atoms with Crippen molar-refractivity contribution in [3.63, 3.8) is 0 Å². The van der Waals surface area contributed by atoms with E-state index in [4.69, 9.17) is 5.73 Å². The number of carbonyl (C=O) groups excluding carboxylic acids is 1. The van der Waals surface area contributed by atoms with Crippen LogP contribution in [0.1, 0.15) is 29.6 Å². The number of rotatable bonds is 4. The van der Waals surface area contributed by atoms with Gasteiger partial charge in [0.25, 0.3) is 0 Å². The molecule has 0 saturated carbocycles. The summed E-state index contributed by atoms with van der Waals surface area (Å²) in [5, 5.41) is 3.38. The second kappa shape index (κ2) is 6.61. The quantitative estimate of drug-likeness (QED) is 0.650. The SMILES string of the molecule is COC(=O)c1ccc(NCC2CCCCN2C)c(N)c1. The molecule has 1 saturated heterocycles. The summed E-state index contributed by atoms with van der Waals surface area (Å²) < 4.78 is 4.68. The van der Waals surface area contributed by atoms with Gasteiger partial charge in [-0.3, -0.25) is 0 Å². The Morgan fingerprint density at radius 2 is 2.30 bits per heavy atom. The van der Waals surface area contributed by atoms with Crippen molar-refractivity contribution >= 4 is 17.3 Å². The topological polar surface area (TPSA) is 67.6 Å². The fourth-order valence-electron chi connectivity index (χ4n) is 2.60. The van der Waals surface area contributed by atoms with Crippen LogP contribution >= 0.6 is 0 Å². The fraction of sp³-hybridized carbons (Fsp3) is 0.533. The van der Waals surface area contributed by atoms with Gasteiger partial charge in [-0.2, -0.15) is 0 Å². The molecule has 1 atom stereocenters. The van der Waals surface area contributed by atoms with Crippen molar-refractivity contribution in [3.8, 4) is 0 Å². The number of anilines is 2. The average Bonchev–Trinajstić information content (AvgIpc) is 2.46. The number of nitrogens with zero attached hydrogens (tertiary/aromatic N) is 1. The molecular formula is C15H23N3O2. The third-order valence-corrected chi connectivity index (χ3v) is 3.92. The molecule has 3 N–H and O–H groups in total. The standard InChI is InChI=1S/C15H23N3O2/c1-18-8-4-3-5-12(18)10-17-14-7-6-11(9-13(14)16)15(19)20-2/h6-7,9,12,17H,3-5,8,10,16H2,1-2H3. The Hall–Kier alpha value is -1.75. The van der Waals surface area contributed by atoms with Crippen molar-refractivity contribution < 1.29 is 9.53 Å². The van der Waals surface area contributed by atoms with Gasteiger partial charge in [-0.1, -0.05) is 6.42 Å². The predicted octanol–water partition coefficient (Wildman–Crippen LogP) is 1.95. The highest BCUT2D eigenvalue weighted by Crippen LogP contribution is 2.22. The minimum absolute atomic E-state index is 0.365. The number of likely N-dealkylation sites (tertiary alicyclic amines) is 1. The predicted molar refractivity (Wildman–Crippen MR) is 81.0 cm³/mol. The number of nitrogens with two attached hydrogens (primary N) is 1. The zero-order valence-corrected chi connectivity index (χ0v) is 12.2. The Labute approximate surface area is 120 Å². The van der Waals surface area contributed by atoms with E-state index in [1.807, 2.05) is 6.07 Å². The number of methoxy groups -OCH3 is 1. The zero-order chi connectivity index (χ0) is 14.5. The van der Waals surface area contributed by atoms with Crippen LogP contribution in [0.3, 0.4) is 0 Å². The molecule has 2 rings (SSSR count). The molecule has 20 heavy (non-hydrogen) atoms. The molecule has 0 bridgehead atoms. The number of piperidine rings is 1. The summed E-state index contributed by atoms with van der Waals surface area (Å²) in [5.74, 6) is -0.365. The van der Waals surface area contributed by atoms with Crippen LogP contribution in [0.15, 0.2) is 18.2 Å². The smallest absolute Gasteiger partial charge is 0.337 e. The van der Waals surface area contributed by atoms with Crippen LogP contribution < -0.4 is 11.1 Å². The summed E-state index contributed by atoms with van der Waals surface area (Å²) in [6.07, 6.45) is 3.78. The molecule has 110 valence electrons. The van der Waals surface area contributed by atoms with Gasteiger partial charge >= 0.3 is 5.97 Å². The van der Waals surface area contributed by atoms with Crippen LogP contribution in [0.25, 0.3) is 0 Å². The van der Waals surface area contributed by atoms with Crippen LogP contribution in [-0.2, 0) is 4.74 Å². The molecule has 1 aliphatic rings. The Morgan fingerprint density at radius 1 is 1.50 bits per heavy atom. The maximum absolute atomic E-state index is 11.4. The van der Waals surface area contributed by atoms with Crippen molar-refractivity contribution in [2.45, 2.75) is 25.3 Å². The third-order valence-electron chi connectivity index (χ3n) is 3.92. The number of ether oxygens (including phenoxy) is 1. The maximum atomic E-state index is 11.4. The van der Waals surface area contributed by atoms with Gasteiger partial charge in [0, 0.05) is 12.6 Å². The molecule has 0 spiro atoms. The van der Waals surface area contributed by atoms with E-state index in [1.54, 1.807) is 12.1 Å². The Balaban J connectivity index is 1.97. The van der Waals surface area contributed by atoms with E-state index in [0.717, 1.165) is 18.8 Å². The van der Waals surface area contributed by atoms with E-state index in [2.05, 4.69) is 22.0 Å². The molecule has 1 unspecified atom stereocenters. The first-order valence-corrected chi connectivity index (χ1v) is 7.03. The number of esters is 1. The molecular weight excluding hydrogens is 254 g/mol. The lowest BCUT2D eigenvalue weighted by molar-refractivity contribution is 0.0601. The number of hydrogen-bond donors (Lipinski definition) is 2. The second-order valence-electron chi connectivity index (χ2n) is 5.30. The first-order chi connectivity index (χ1) is 9.61. The van der Waals surface area contributed by atoms with Gasteiger partial charge in [0.1, 0.15) is 0 Å². The normalized spacial score (nSPS) is 19.6. The molecule has 5 nitrogen and oxygen atoms in total. The summed E-state index contributed by atoms with van der Waals surface area (Å²) in [4.78, 5) is 13.8. The highest BCUT2D eigenvalue weighted by atomic mass is 16.5. The van der Waals surface area contributed by atoms with E-state index in [9.17, 15) is 4.79 Å². The second-order valence-corrected chi connectivity index (χ2v) is 5.30. The van der Waals surface area contributed by atoms with Crippen LogP contribution in [0.5, 0.6) is 0 Å². The van der Waals surface area contributed by atoms with E-state index in [-0.39, 0.29) is 5.97 Å². The lowest BCUT2D eigenvalue weighted by Crippen LogP contribution is -2.40. The first kappa shape index (κ1) is 14.7. The number of nitrogens with one attached hydrogen (secondary N) is 1. The third kappa shape index (κ3) is 3.42. The summed E-state index contributed by atoms with van der Waals surface area (Å²) in [5.41, 5.74) is 7.90. The van der Waals surface area contributed by atoms with Gasteiger partial charge in [-0.05, 0) is 44.6 Å². The highest BCUT2D eigenvalue weighted by molar-refractivity contribution is 5.91. The molecule has 1 aliphatic heterocycles. The van der Waals surface area contributed by atoms with Crippen molar-refractivity contribution in [1.82, 2.24) is 4.90 Å². The zero-order valence-electron chi connectivity index (χ0n) is 12.2. The van der Waals surface area contributed by atoms with Gasteiger partial charge in [0.15, 0.2) is 0 Å². The van der Waals surface area contributed by atoms with Crippen molar-refractivity contribution in [2.24, 2.45) is 0 Å². The molecule has 5 heteroatoms. The Morgan fingerprint density at radius 3 is 2.95 bits per heavy atom. The molecule has 0 aromatic heterocycles. The maximum Gasteiger partial charge on any atom is 0.337 e. The number of hydrogen-bond acceptors (Lipinski definition) is 5. The minimum Gasteiger partial charge on any atom is -0.465 e. The minimum atomic E-state index is -0.365. The molecule has 0 amide bonds. The molecule has 1 aromatic rings. The van der Waals surface area contributed by atoms with Crippen LogP contribution in [0.4, 0.5) is 11.4 Å². The Bertz CT molecular complexity index is 476. The number of nitrogen functional groups attached to an aromatic ring is 1. The summed E-state index contributed by atoms with van der Waals surface area (Å²) in [6.45, 7) is 2.03. The van der Waals surface area contributed by atoms with Crippen molar-refractivity contribution in [1.29, 1.82) is 0 Å². The molecule has 1 fully saturated rings. The Kier molecular flexibility index (Phi) is 4.84. The van der Waals surface area contributed by atoms with E-state index < -0.39 is 0 Å². The van der Waals surface area contributed by atoms with Crippen LogP contribution in [0.2, 0.25) is 0 Å². The molecule has 0 aliphatic carbocycles. The molecule has 0 radical (unpaired) electrons. The van der Waals surface area contributed by atoms with E-state index in [1.165, 1.54) is 26.4 Å². The first-order valence-electron chi connectivity index (χ1n) is 7.03. The average molecular weight is 277 g/mol. The van der Waals surface area contributed by atoms with E-state index in [0.29, 0.717) is 17.3 Å². The number of benzene rings is 1. The monoisotopic (exact) mass is 277 g/mol. The molecule has 1 heterocycles. The van der Waals surface area contributed by atoms with E-state index >= 15 is 0 Å². The highest BCUT2D eigenvalue weighted by Gasteiger charge is 2.18. The van der Waals surface area contributed by atoms with Crippen LogP contribution in [0, 0.1) is 0 Å². The van der Waals surface area contributed by atoms with Gasteiger partial charge in [0.05, 0.1) is 24.0 Å². The summed E-state index contributed by atoms with van der Waals surface area (Å²) in [6, 6.07) is 5.77. The molecule has 1 aromatic carbocycles. The van der Waals surface area contributed by atoms with Crippen molar-refractivity contribution in [2.75, 3.05) is 38.3 Å². The van der Waals surface area contributed by atoms with Gasteiger partial charge in [-0.15, -0.1) is 0 Å². The van der Waals surface area contributed by atoms with Gasteiger partial charge in [0.2, 0.25) is 0 Å². The van der Waals surface area contributed by atoms with Crippen molar-refractivity contribution in [3.05, 3.63) is 23.8 Å². The summed E-state index contributed by atoms with van der Waals surface area (Å²) in [7, 11) is 3.53. The lowest BCUT2D eigenvalue weighted by atomic mass is 10.0. The number of carbonyl (C=O) groups is 1. The van der Waals surface area contributed by atoms with Gasteiger partial charge < -0.3 is 20.7 Å². The van der Waals surface area contributed by atoms with Crippen LogP contribution in [-0.4, -0.2) is 44.2 Å². The number of likely N-dealkylation sites (N-methyl/N-ethyl adjacent to an activating group) is 1. The lowest BCUT2D eigenvalue weighted by Gasteiger charge is -2.32. The largest absolute Gasteiger partial charge is 0.465 e. The summed E-state index contributed by atoms with van der Waals surface area (Å²) >= 11 is 0.